The van der Waals surface area contributed by atoms with Crippen LogP contribution in [0, 0.1) is 0 Å². The molecule has 1 saturated heterocycles. The molecule has 1 aromatic rings. The molecular formula is C10H16F3N5S. The Morgan fingerprint density at radius 2 is 1.89 bits per heavy atom. The second-order valence-corrected chi connectivity index (χ2v) is 5.46. The van der Waals surface area contributed by atoms with Crippen LogP contribution in [0.4, 0.5) is 18.3 Å². The number of anilines is 1. The molecule has 2 rings (SSSR count). The Balaban J connectivity index is 1.72. The van der Waals surface area contributed by atoms with Crippen molar-refractivity contribution in [1.82, 2.24) is 20.0 Å². The molecule has 2 heterocycles. The van der Waals surface area contributed by atoms with Crippen molar-refractivity contribution >= 4 is 16.5 Å². The summed E-state index contributed by atoms with van der Waals surface area (Å²) in [5.74, 6) is 0. The summed E-state index contributed by atoms with van der Waals surface area (Å²) in [6.07, 6.45) is -4.41. The minimum atomic E-state index is -4.41. The van der Waals surface area contributed by atoms with Crippen molar-refractivity contribution < 1.29 is 13.2 Å². The van der Waals surface area contributed by atoms with Gasteiger partial charge in [-0.1, -0.05) is 11.3 Å². The second kappa shape index (κ2) is 6.02. The van der Waals surface area contributed by atoms with Gasteiger partial charge in [0.1, 0.15) is 0 Å². The maximum absolute atomic E-state index is 12.3. The van der Waals surface area contributed by atoms with Gasteiger partial charge in [0.05, 0.1) is 0 Å². The van der Waals surface area contributed by atoms with Gasteiger partial charge in [-0.25, -0.2) is 0 Å². The molecule has 0 bridgehead atoms. The Hall–Kier alpha value is -0.930. The van der Waals surface area contributed by atoms with Crippen LogP contribution >= 0.6 is 11.3 Å². The molecule has 1 aliphatic heterocycles. The lowest BCUT2D eigenvalue weighted by molar-refractivity contribution is -0.138. The maximum atomic E-state index is 12.3. The van der Waals surface area contributed by atoms with E-state index in [0.717, 1.165) is 32.7 Å². The van der Waals surface area contributed by atoms with Gasteiger partial charge < -0.3 is 10.2 Å². The van der Waals surface area contributed by atoms with E-state index in [1.165, 1.54) is 0 Å². The highest BCUT2D eigenvalue weighted by Gasteiger charge is 2.35. The van der Waals surface area contributed by atoms with E-state index < -0.39 is 11.2 Å². The van der Waals surface area contributed by atoms with E-state index in [-0.39, 0.29) is 5.13 Å². The Kier molecular flexibility index (Phi) is 4.58. The van der Waals surface area contributed by atoms with E-state index in [2.05, 4.69) is 32.4 Å². The third-order valence-corrected chi connectivity index (χ3v) is 3.89. The quantitative estimate of drug-likeness (QED) is 0.905. The van der Waals surface area contributed by atoms with Crippen LogP contribution in [0.25, 0.3) is 0 Å². The standard InChI is InChI=1S/C10H16F3N5S/c1-17-4-6-18(7-5-17)3-2-14-9-16-15-8(19-9)10(11,12)13/h2-7H2,1H3,(H,14,16). The van der Waals surface area contributed by atoms with Gasteiger partial charge >= 0.3 is 6.18 Å². The van der Waals surface area contributed by atoms with E-state index in [1.54, 1.807) is 0 Å². The predicted octanol–water partition coefficient (Wildman–Crippen LogP) is 1.22. The van der Waals surface area contributed by atoms with Crippen molar-refractivity contribution in [3.05, 3.63) is 5.01 Å². The van der Waals surface area contributed by atoms with Crippen LogP contribution in [0.15, 0.2) is 0 Å². The number of nitrogens with one attached hydrogen (secondary N) is 1. The molecule has 5 nitrogen and oxygen atoms in total. The van der Waals surface area contributed by atoms with Crippen molar-refractivity contribution in [2.45, 2.75) is 6.18 Å². The average Bonchev–Trinajstić information content (AvgIpc) is 2.80. The van der Waals surface area contributed by atoms with Crippen LogP contribution in [-0.2, 0) is 6.18 Å². The Morgan fingerprint density at radius 3 is 2.47 bits per heavy atom. The average molecular weight is 295 g/mol. The molecule has 1 aliphatic rings. The summed E-state index contributed by atoms with van der Waals surface area (Å²) in [5.41, 5.74) is 0. The topological polar surface area (TPSA) is 44.3 Å². The van der Waals surface area contributed by atoms with Gasteiger partial charge in [0, 0.05) is 39.3 Å². The van der Waals surface area contributed by atoms with Gasteiger partial charge in [-0.05, 0) is 7.05 Å². The largest absolute Gasteiger partial charge is 0.445 e. The van der Waals surface area contributed by atoms with Gasteiger partial charge in [0.2, 0.25) is 10.1 Å². The number of likely N-dealkylation sites (N-methyl/N-ethyl adjacent to an activating group) is 1. The van der Waals surface area contributed by atoms with Crippen LogP contribution in [0.3, 0.4) is 0 Å². The number of rotatable bonds is 4. The molecule has 0 atom stereocenters. The number of hydrogen-bond donors (Lipinski definition) is 1. The summed E-state index contributed by atoms with van der Waals surface area (Å²) in [6, 6.07) is 0. The zero-order valence-corrected chi connectivity index (χ0v) is 11.4. The number of alkyl halides is 3. The van der Waals surface area contributed by atoms with Gasteiger partial charge in [-0.15, -0.1) is 10.2 Å². The van der Waals surface area contributed by atoms with E-state index in [1.807, 2.05) is 0 Å². The molecule has 0 aliphatic carbocycles. The first-order chi connectivity index (χ1) is 8.95. The molecule has 9 heteroatoms. The highest BCUT2D eigenvalue weighted by Crippen LogP contribution is 2.32. The Labute approximate surface area is 113 Å². The molecule has 0 spiro atoms. The van der Waals surface area contributed by atoms with Gasteiger partial charge in [-0.3, -0.25) is 4.90 Å². The molecule has 108 valence electrons. The minimum Gasteiger partial charge on any atom is -0.359 e. The van der Waals surface area contributed by atoms with Crippen molar-refractivity contribution in [2.75, 3.05) is 51.6 Å². The first kappa shape index (κ1) is 14.5. The zero-order valence-electron chi connectivity index (χ0n) is 10.6. The number of aromatic nitrogens is 2. The van der Waals surface area contributed by atoms with E-state index >= 15 is 0 Å². The molecular weight excluding hydrogens is 279 g/mol. The third kappa shape index (κ3) is 4.29. The van der Waals surface area contributed by atoms with Crippen molar-refractivity contribution in [1.29, 1.82) is 0 Å². The lowest BCUT2D eigenvalue weighted by Crippen LogP contribution is -2.45. The van der Waals surface area contributed by atoms with E-state index in [4.69, 9.17) is 0 Å². The number of nitrogens with zero attached hydrogens (tertiary/aromatic N) is 4. The maximum Gasteiger partial charge on any atom is 0.445 e. The normalized spacial score (nSPS) is 18.7. The lowest BCUT2D eigenvalue weighted by Gasteiger charge is -2.32. The number of piperazine rings is 1. The SMILES string of the molecule is CN1CCN(CCNc2nnc(C(F)(F)F)s2)CC1. The molecule has 1 N–H and O–H groups in total. The molecule has 0 saturated carbocycles. The smallest absolute Gasteiger partial charge is 0.359 e. The molecule has 19 heavy (non-hydrogen) atoms. The highest BCUT2D eigenvalue weighted by molar-refractivity contribution is 7.15. The summed E-state index contributed by atoms with van der Waals surface area (Å²) in [5, 5.41) is 8.81. The van der Waals surface area contributed by atoms with Crippen molar-refractivity contribution in [3.8, 4) is 0 Å². The summed E-state index contributed by atoms with van der Waals surface area (Å²) in [6.45, 7) is 5.41. The molecule has 0 amide bonds. The van der Waals surface area contributed by atoms with Crippen LogP contribution in [-0.4, -0.2) is 66.3 Å². The fraction of sp³-hybridized carbons (Fsp3) is 0.800. The van der Waals surface area contributed by atoms with Crippen molar-refractivity contribution in [2.24, 2.45) is 0 Å². The van der Waals surface area contributed by atoms with Crippen LogP contribution in [0.1, 0.15) is 5.01 Å². The minimum absolute atomic E-state index is 0.224. The molecule has 1 fully saturated rings. The van der Waals surface area contributed by atoms with E-state index in [0.29, 0.717) is 17.9 Å². The third-order valence-electron chi connectivity index (χ3n) is 2.97. The Morgan fingerprint density at radius 1 is 1.21 bits per heavy atom. The van der Waals surface area contributed by atoms with Gasteiger partial charge in [0.15, 0.2) is 0 Å². The molecule has 0 radical (unpaired) electrons. The second-order valence-electron chi connectivity index (χ2n) is 4.48. The summed E-state index contributed by atoms with van der Waals surface area (Å²) >= 11 is 0.542. The fourth-order valence-electron chi connectivity index (χ4n) is 1.80. The first-order valence-corrected chi connectivity index (χ1v) is 6.82. The molecule has 0 aromatic carbocycles. The predicted molar refractivity (Wildman–Crippen MR) is 67.3 cm³/mol. The summed E-state index contributed by atoms with van der Waals surface area (Å²) in [4.78, 5) is 4.53. The van der Waals surface area contributed by atoms with Gasteiger partial charge in [0.25, 0.3) is 0 Å². The fourth-order valence-corrected chi connectivity index (χ4v) is 2.44. The van der Waals surface area contributed by atoms with Crippen LogP contribution < -0.4 is 5.32 Å². The Bertz CT molecular complexity index is 400. The lowest BCUT2D eigenvalue weighted by atomic mass is 10.3. The van der Waals surface area contributed by atoms with Gasteiger partial charge in [-0.2, -0.15) is 13.2 Å². The van der Waals surface area contributed by atoms with Crippen LogP contribution in [0.5, 0.6) is 0 Å². The zero-order chi connectivity index (χ0) is 13.9. The molecule has 0 unspecified atom stereocenters. The van der Waals surface area contributed by atoms with Crippen molar-refractivity contribution in [3.63, 3.8) is 0 Å². The number of hydrogen-bond acceptors (Lipinski definition) is 6. The monoisotopic (exact) mass is 295 g/mol. The van der Waals surface area contributed by atoms with Crippen LogP contribution in [0.2, 0.25) is 0 Å². The summed E-state index contributed by atoms with van der Waals surface area (Å²) < 4.78 is 37.0. The molecule has 1 aromatic heterocycles. The highest BCUT2D eigenvalue weighted by atomic mass is 32.1. The summed E-state index contributed by atoms with van der Waals surface area (Å²) in [7, 11) is 2.08. The van der Waals surface area contributed by atoms with E-state index in [9.17, 15) is 13.2 Å². The first-order valence-electron chi connectivity index (χ1n) is 6.00. The number of halogens is 3.